The Bertz CT molecular complexity index is 582. The summed E-state index contributed by atoms with van der Waals surface area (Å²) in [6, 6.07) is 8.10. The van der Waals surface area contributed by atoms with E-state index >= 15 is 0 Å². The van der Waals surface area contributed by atoms with Crippen LogP contribution in [0.2, 0.25) is 0 Å². The van der Waals surface area contributed by atoms with Gasteiger partial charge in [0, 0.05) is 18.3 Å². The van der Waals surface area contributed by atoms with Crippen LogP contribution in [-0.4, -0.2) is 38.2 Å². The van der Waals surface area contributed by atoms with E-state index in [2.05, 4.69) is 6.92 Å². The zero-order valence-corrected chi connectivity index (χ0v) is 13.8. The molecule has 0 spiro atoms. The predicted octanol–water partition coefficient (Wildman–Crippen LogP) is 1.88. The number of hydrogen-bond acceptors (Lipinski definition) is 4. The molecule has 0 aromatic heterocycles. The van der Waals surface area contributed by atoms with Gasteiger partial charge in [-0.1, -0.05) is 38.1 Å². The highest BCUT2D eigenvalue weighted by atomic mass is 32.2. The van der Waals surface area contributed by atoms with E-state index in [4.69, 9.17) is 10.5 Å². The molecule has 1 aromatic rings. The zero-order valence-electron chi connectivity index (χ0n) is 13.0. The lowest BCUT2D eigenvalue weighted by molar-refractivity contribution is 0.125. The molecule has 1 aliphatic carbocycles. The van der Waals surface area contributed by atoms with Crippen LogP contribution < -0.4 is 5.73 Å². The molecule has 0 bridgehead atoms. The largest absolute Gasteiger partial charge is 0.380 e. The number of benzene rings is 1. The van der Waals surface area contributed by atoms with E-state index in [1.54, 1.807) is 6.92 Å². The van der Waals surface area contributed by atoms with E-state index in [1.165, 1.54) is 5.56 Å². The number of hydrogen-bond donors (Lipinski definition) is 1. The van der Waals surface area contributed by atoms with Crippen LogP contribution in [0.5, 0.6) is 0 Å². The van der Waals surface area contributed by atoms with E-state index in [-0.39, 0.29) is 18.3 Å². The van der Waals surface area contributed by atoms with Crippen LogP contribution in [0, 0.1) is 0 Å². The fourth-order valence-corrected chi connectivity index (χ4v) is 5.03. The van der Waals surface area contributed by atoms with Crippen LogP contribution in [0.1, 0.15) is 37.8 Å². The standard InChI is InChI=1S/C16H25NO3S/c1-4-12-7-9-13(10-8-12)14-15(21(18,19)6-3)16(14,17)11-20-5-2/h7-10,14-15H,4-6,11,17H2,1-3H3/t14-,15+,16+/m1/s1. The topological polar surface area (TPSA) is 69.4 Å². The molecule has 1 fully saturated rings. The third-order valence-electron chi connectivity index (χ3n) is 4.39. The zero-order chi connectivity index (χ0) is 15.7. The molecule has 1 aliphatic rings. The minimum atomic E-state index is -3.18. The minimum Gasteiger partial charge on any atom is -0.380 e. The summed E-state index contributed by atoms with van der Waals surface area (Å²) in [5.74, 6) is -0.0494. The maximum atomic E-state index is 12.3. The first kappa shape index (κ1) is 16.5. The van der Waals surface area contributed by atoms with Gasteiger partial charge < -0.3 is 10.5 Å². The van der Waals surface area contributed by atoms with E-state index in [9.17, 15) is 8.42 Å². The molecule has 0 heterocycles. The lowest BCUT2D eigenvalue weighted by atomic mass is 10.0. The summed E-state index contributed by atoms with van der Waals surface area (Å²) in [6.45, 7) is 6.48. The molecule has 2 N–H and O–H groups in total. The maximum absolute atomic E-state index is 12.3. The molecule has 0 unspecified atom stereocenters. The SMILES string of the molecule is CCOC[C@]1(N)[C@H](c2ccc(CC)cc2)[C@@H]1S(=O)(=O)CC. The van der Waals surface area contributed by atoms with E-state index < -0.39 is 20.6 Å². The monoisotopic (exact) mass is 311 g/mol. The average Bonchev–Trinajstić information content (AvgIpc) is 3.12. The van der Waals surface area contributed by atoms with Crippen molar-refractivity contribution in [2.24, 2.45) is 5.73 Å². The van der Waals surface area contributed by atoms with Gasteiger partial charge in [-0.05, 0) is 24.5 Å². The van der Waals surface area contributed by atoms with Gasteiger partial charge in [0.1, 0.15) is 0 Å². The lowest BCUT2D eigenvalue weighted by Gasteiger charge is -2.12. The van der Waals surface area contributed by atoms with Gasteiger partial charge in [-0.15, -0.1) is 0 Å². The minimum absolute atomic E-state index is 0.117. The highest BCUT2D eigenvalue weighted by Gasteiger charge is 2.68. The Labute approximate surface area is 127 Å². The molecular formula is C16H25NO3S. The van der Waals surface area contributed by atoms with Crippen LogP contribution in [0.15, 0.2) is 24.3 Å². The fraction of sp³-hybridized carbons (Fsp3) is 0.625. The molecule has 2 rings (SSSR count). The predicted molar refractivity (Wildman–Crippen MR) is 85.2 cm³/mol. The fourth-order valence-electron chi connectivity index (χ4n) is 3.04. The summed E-state index contributed by atoms with van der Waals surface area (Å²) < 4.78 is 30.1. The van der Waals surface area contributed by atoms with Crippen molar-refractivity contribution >= 4 is 9.84 Å². The number of rotatable bonds is 7. The Morgan fingerprint density at radius 2 is 1.81 bits per heavy atom. The number of ether oxygens (including phenoxy) is 1. The molecule has 118 valence electrons. The third kappa shape index (κ3) is 3.00. The van der Waals surface area contributed by atoms with Crippen molar-refractivity contribution in [1.29, 1.82) is 0 Å². The molecule has 1 saturated carbocycles. The van der Waals surface area contributed by atoms with Crippen LogP contribution >= 0.6 is 0 Å². The van der Waals surface area contributed by atoms with Crippen molar-refractivity contribution in [3.8, 4) is 0 Å². The second-order valence-corrected chi connectivity index (χ2v) is 8.11. The lowest BCUT2D eigenvalue weighted by Crippen LogP contribution is -2.36. The molecule has 0 aliphatic heterocycles. The number of nitrogens with two attached hydrogens (primary N) is 1. The summed E-state index contributed by atoms with van der Waals surface area (Å²) in [7, 11) is -3.18. The Morgan fingerprint density at radius 3 is 2.29 bits per heavy atom. The number of sulfone groups is 1. The van der Waals surface area contributed by atoms with Crippen LogP contribution in [0.4, 0.5) is 0 Å². The Kier molecular flexibility index (Phi) is 4.76. The first-order chi connectivity index (χ1) is 9.90. The summed E-state index contributed by atoms with van der Waals surface area (Å²) in [5, 5.41) is -0.533. The second-order valence-electron chi connectivity index (χ2n) is 5.69. The van der Waals surface area contributed by atoms with Gasteiger partial charge in [0.25, 0.3) is 0 Å². The van der Waals surface area contributed by atoms with Crippen molar-refractivity contribution in [3.05, 3.63) is 35.4 Å². The van der Waals surface area contributed by atoms with E-state index in [0.717, 1.165) is 12.0 Å². The molecule has 5 heteroatoms. The van der Waals surface area contributed by atoms with Gasteiger partial charge in [0.2, 0.25) is 0 Å². The summed E-state index contributed by atoms with van der Waals surface area (Å²) in [4.78, 5) is 0. The maximum Gasteiger partial charge on any atom is 0.155 e. The average molecular weight is 311 g/mol. The van der Waals surface area contributed by atoms with Gasteiger partial charge in [0.15, 0.2) is 9.84 Å². The molecule has 0 radical (unpaired) electrons. The smallest absolute Gasteiger partial charge is 0.155 e. The van der Waals surface area contributed by atoms with Crippen molar-refractivity contribution in [2.45, 2.75) is 43.9 Å². The van der Waals surface area contributed by atoms with Crippen LogP contribution in [0.3, 0.4) is 0 Å². The quantitative estimate of drug-likeness (QED) is 0.835. The Hall–Kier alpha value is -0.910. The summed E-state index contributed by atoms with van der Waals surface area (Å²) in [5.41, 5.74) is 7.82. The highest BCUT2D eigenvalue weighted by molar-refractivity contribution is 7.92. The summed E-state index contributed by atoms with van der Waals surface area (Å²) >= 11 is 0. The molecule has 0 saturated heterocycles. The van der Waals surface area contributed by atoms with Crippen molar-refractivity contribution in [2.75, 3.05) is 19.0 Å². The molecule has 1 aromatic carbocycles. The normalized spacial score (nSPS) is 28.6. The van der Waals surface area contributed by atoms with Crippen molar-refractivity contribution < 1.29 is 13.2 Å². The van der Waals surface area contributed by atoms with Gasteiger partial charge in [0.05, 0.1) is 17.4 Å². The summed E-state index contributed by atoms with van der Waals surface area (Å²) in [6.07, 6.45) is 0.967. The van der Waals surface area contributed by atoms with Crippen molar-refractivity contribution in [1.82, 2.24) is 0 Å². The molecule has 3 atom stereocenters. The molecule has 0 amide bonds. The third-order valence-corrected chi connectivity index (χ3v) is 6.68. The van der Waals surface area contributed by atoms with Crippen LogP contribution in [-0.2, 0) is 21.0 Å². The van der Waals surface area contributed by atoms with Gasteiger partial charge in [-0.3, -0.25) is 0 Å². The van der Waals surface area contributed by atoms with Crippen LogP contribution in [0.25, 0.3) is 0 Å². The first-order valence-electron chi connectivity index (χ1n) is 7.57. The molecule has 4 nitrogen and oxygen atoms in total. The Morgan fingerprint density at radius 1 is 1.19 bits per heavy atom. The van der Waals surface area contributed by atoms with E-state index in [0.29, 0.717) is 6.61 Å². The van der Waals surface area contributed by atoms with Gasteiger partial charge in [-0.2, -0.15) is 0 Å². The van der Waals surface area contributed by atoms with Gasteiger partial charge >= 0.3 is 0 Å². The Balaban J connectivity index is 2.30. The van der Waals surface area contributed by atoms with Gasteiger partial charge in [-0.25, -0.2) is 8.42 Å². The highest BCUT2D eigenvalue weighted by Crippen LogP contribution is 2.54. The second kappa shape index (κ2) is 6.07. The number of aryl methyl sites for hydroxylation is 1. The molecular weight excluding hydrogens is 286 g/mol. The van der Waals surface area contributed by atoms with E-state index in [1.807, 2.05) is 31.2 Å². The molecule has 21 heavy (non-hydrogen) atoms. The first-order valence-corrected chi connectivity index (χ1v) is 9.29. The van der Waals surface area contributed by atoms with Crippen molar-refractivity contribution in [3.63, 3.8) is 0 Å².